The van der Waals surface area contributed by atoms with Gasteiger partial charge in [-0.15, -0.1) is 0 Å². The summed E-state index contributed by atoms with van der Waals surface area (Å²) in [5, 5.41) is 11.1. The van der Waals surface area contributed by atoms with Gasteiger partial charge in [-0.2, -0.15) is 5.10 Å². The van der Waals surface area contributed by atoms with E-state index in [1.165, 1.54) is 0 Å². The second-order valence-corrected chi connectivity index (χ2v) is 3.52. The summed E-state index contributed by atoms with van der Waals surface area (Å²) < 4.78 is 0. The number of aromatic amines is 1. The predicted molar refractivity (Wildman–Crippen MR) is 64.5 cm³/mol. The minimum atomic E-state index is -0.167. The van der Waals surface area contributed by atoms with Crippen molar-refractivity contribution in [3.05, 3.63) is 34.6 Å². The second-order valence-electron chi connectivity index (χ2n) is 3.52. The predicted octanol–water partition coefficient (Wildman–Crippen LogP) is 0.684. The summed E-state index contributed by atoms with van der Waals surface area (Å²) in [5.74, 6) is 0.698. The first-order valence-electron chi connectivity index (χ1n) is 5.24. The van der Waals surface area contributed by atoms with Gasteiger partial charge in [-0.05, 0) is 19.0 Å². The maximum Gasteiger partial charge on any atom is 0.272 e. The second kappa shape index (κ2) is 4.76. The molecule has 5 nitrogen and oxygen atoms in total. The zero-order valence-electron chi connectivity index (χ0n) is 8.86. The summed E-state index contributed by atoms with van der Waals surface area (Å²) in [7, 11) is 0. The van der Waals surface area contributed by atoms with E-state index >= 15 is 0 Å². The first-order valence-corrected chi connectivity index (χ1v) is 5.24. The highest BCUT2D eigenvalue weighted by Crippen LogP contribution is 2.16. The van der Waals surface area contributed by atoms with E-state index in [9.17, 15) is 4.79 Å². The van der Waals surface area contributed by atoms with Crippen LogP contribution in [-0.4, -0.2) is 23.3 Å². The van der Waals surface area contributed by atoms with Crippen molar-refractivity contribution in [3.63, 3.8) is 0 Å². The lowest BCUT2D eigenvalue weighted by Gasteiger charge is -2.06. The van der Waals surface area contributed by atoms with Crippen molar-refractivity contribution in [1.29, 1.82) is 0 Å². The number of anilines is 1. The van der Waals surface area contributed by atoms with Crippen LogP contribution in [0.1, 0.15) is 6.42 Å². The maximum atomic E-state index is 11.5. The summed E-state index contributed by atoms with van der Waals surface area (Å²) >= 11 is 0. The third-order valence-electron chi connectivity index (χ3n) is 2.37. The molecule has 5 heteroatoms. The summed E-state index contributed by atoms with van der Waals surface area (Å²) in [4.78, 5) is 11.5. The Bertz CT molecular complexity index is 535. The zero-order valence-corrected chi connectivity index (χ0v) is 8.86. The van der Waals surface area contributed by atoms with Crippen LogP contribution >= 0.6 is 0 Å². The van der Waals surface area contributed by atoms with Crippen LogP contribution in [0.3, 0.4) is 0 Å². The van der Waals surface area contributed by atoms with Crippen LogP contribution in [0.25, 0.3) is 10.8 Å². The molecule has 1 heterocycles. The van der Waals surface area contributed by atoms with Crippen molar-refractivity contribution in [2.45, 2.75) is 6.42 Å². The van der Waals surface area contributed by atoms with Gasteiger partial charge in [0.25, 0.3) is 5.56 Å². The topological polar surface area (TPSA) is 83.8 Å². The molecule has 0 saturated heterocycles. The molecule has 0 saturated carbocycles. The van der Waals surface area contributed by atoms with Crippen LogP contribution in [0.4, 0.5) is 5.82 Å². The van der Waals surface area contributed by atoms with Crippen molar-refractivity contribution < 1.29 is 0 Å². The number of rotatable bonds is 4. The largest absolute Gasteiger partial charge is 0.368 e. The molecule has 0 unspecified atom stereocenters. The molecule has 0 bridgehead atoms. The van der Waals surface area contributed by atoms with Gasteiger partial charge in [-0.1, -0.05) is 18.2 Å². The normalized spacial score (nSPS) is 10.6. The van der Waals surface area contributed by atoms with Crippen molar-refractivity contribution in [2.75, 3.05) is 18.4 Å². The fraction of sp³-hybridized carbons (Fsp3) is 0.273. The Balaban J connectivity index is 2.38. The van der Waals surface area contributed by atoms with Crippen molar-refractivity contribution in [3.8, 4) is 0 Å². The molecule has 0 aliphatic heterocycles. The fourth-order valence-electron chi connectivity index (χ4n) is 1.56. The lowest BCUT2D eigenvalue weighted by Crippen LogP contribution is -2.14. The Morgan fingerprint density at radius 2 is 2.06 bits per heavy atom. The molecule has 0 amide bonds. The van der Waals surface area contributed by atoms with E-state index in [0.29, 0.717) is 17.7 Å². The highest BCUT2D eigenvalue weighted by atomic mass is 16.1. The minimum absolute atomic E-state index is 0.167. The highest BCUT2D eigenvalue weighted by molar-refractivity contribution is 5.90. The average molecular weight is 218 g/mol. The Hall–Kier alpha value is -1.88. The van der Waals surface area contributed by atoms with E-state index in [1.54, 1.807) is 6.07 Å². The van der Waals surface area contributed by atoms with Crippen LogP contribution in [0, 0.1) is 0 Å². The van der Waals surface area contributed by atoms with Crippen LogP contribution in [-0.2, 0) is 0 Å². The SMILES string of the molecule is NCCCNc1n[nH]c(=O)c2ccccc12. The zero-order chi connectivity index (χ0) is 11.4. The molecule has 0 aliphatic carbocycles. The number of hydrogen-bond donors (Lipinski definition) is 3. The molecule has 0 radical (unpaired) electrons. The van der Waals surface area contributed by atoms with Gasteiger partial charge in [0.05, 0.1) is 5.39 Å². The number of aromatic nitrogens is 2. The Labute approximate surface area is 92.7 Å². The molecular weight excluding hydrogens is 204 g/mol. The van der Waals surface area contributed by atoms with E-state index in [2.05, 4.69) is 15.5 Å². The molecule has 1 aromatic heterocycles. The summed E-state index contributed by atoms with van der Waals surface area (Å²) in [6, 6.07) is 7.38. The van der Waals surface area contributed by atoms with Crippen LogP contribution in [0.15, 0.2) is 29.1 Å². The van der Waals surface area contributed by atoms with E-state index < -0.39 is 0 Å². The van der Waals surface area contributed by atoms with Gasteiger partial charge in [-0.3, -0.25) is 4.79 Å². The van der Waals surface area contributed by atoms with Gasteiger partial charge in [0.2, 0.25) is 0 Å². The van der Waals surface area contributed by atoms with Gasteiger partial charge < -0.3 is 11.1 Å². The summed E-state index contributed by atoms with van der Waals surface area (Å²) in [6.45, 7) is 1.38. The van der Waals surface area contributed by atoms with E-state index in [0.717, 1.165) is 18.4 Å². The Morgan fingerprint density at radius 1 is 1.31 bits per heavy atom. The molecule has 2 rings (SSSR count). The molecular formula is C11H14N4O. The summed E-state index contributed by atoms with van der Waals surface area (Å²) in [5.41, 5.74) is 5.24. The lowest BCUT2D eigenvalue weighted by molar-refractivity contribution is 0.864. The van der Waals surface area contributed by atoms with Crippen molar-refractivity contribution in [2.24, 2.45) is 5.73 Å². The van der Waals surface area contributed by atoms with Gasteiger partial charge in [0, 0.05) is 11.9 Å². The summed E-state index contributed by atoms with van der Waals surface area (Å²) in [6.07, 6.45) is 0.870. The molecule has 4 N–H and O–H groups in total. The molecule has 2 aromatic rings. The van der Waals surface area contributed by atoms with Crippen molar-refractivity contribution in [1.82, 2.24) is 10.2 Å². The quantitative estimate of drug-likeness (QED) is 0.659. The lowest BCUT2D eigenvalue weighted by atomic mass is 10.2. The minimum Gasteiger partial charge on any atom is -0.368 e. The molecule has 0 fully saturated rings. The first-order chi connectivity index (χ1) is 7.83. The smallest absolute Gasteiger partial charge is 0.272 e. The number of H-pyrrole nitrogens is 1. The maximum absolute atomic E-state index is 11.5. The van der Waals surface area contributed by atoms with Gasteiger partial charge >= 0.3 is 0 Å². The standard InChI is InChI=1S/C11H14N4O/c12-6-3-7-13-10-8-4-1-2-5-9(8)11(16)15-14-10/h1-2,4-5H,3,6-7,12H2,(H,13,14)(H,15,16). The van der Waals surface area contributed by atoms with E-state index in [-0.39, 0.29) is 5.56 Å². The molecule has 84 valence electrons. The first kappa shape index (κ1) is 10.6. The number of benzene rings is 1. The van der Waals surface area contributed by atoms with Gasteiger partial charge in [0.1, 0.15) is 0 Å². The third-order valence-corrected chi connectivity index (χ3v) is 2.37. The van der Waals surface area contributed by atoms with Gasteiger partial charge in [-0.25, -0.2) is 5.10 Å². The number of hydrogen-bond acceptors (Lipinski definition) is 4. The van der Waals surface area contributed by atoms with Gasteiger partial charge in [0.15, 0.2) is 5.82 Å². The van der Waals surface area contributed by atoms with Crippen LogP contribution in [0.5, 0.6) is 0 Å². The molecule has 0 aliphatic rings. The third kappa shape index (κ3) is 2.04. The number of fused-ring (bicyclic) bond motifs is 1. The van der Waals surface area contributed by atoms with Crippen LogP contribution < -0.4 is 16.6 Å². The Morgan fingerprint density at radius 3 is 2.81 bits per heavy atom. The monoisotopic (exact) mass is 218 g/mol. The van der Waals surface area contributed by atoms with Crippen molar-refractivity contribution >= 4 is 16.6 Å². The molecule has 0 atom stereocenters. The van der Waals surface area contributed by atoms with E-state index in [4.69, 9.17) is 5.73 Å². The number of nitrogens with one attached hydrogen (secondary N) is 2. The number of nitrogens with two attached hydrogens (primary N) is 1. The Kier molecular flexibility index (Phi) is 3.16. The molecule has 1 aromatic carbocycles. The number of nitrogens with zero attached hydrogens (tertiary/aromatic N) is 1. The molecule has 16 heavy (non-hydrogen) atoms. The fourth-order valence-corrected chi connectivity index (χ4v) is 1.56. The highest BCUT2D eigenvalue weighted by Gasteiger charge is 2.04. The average Bonchev–Trinajstić information content (AvgIpc) is 2.33. The van der Waals surface area contributed by atoms with E-state index in [1.807, 2.05) is 18.2 Å². The van der Waals surface area contributed by atoms with Crippen LogP contribution in [0.2, 0.25) is 0 Å². The molecule has 0 spiro atoms.